The molecule has 1 aromatic carbocycles. The van der Waals surface area contributed by atoms with Gasteiger partial charge in [0.25, 0.3) is 11.5 Å². The average Bonchev–Trinajstić information content (AvgIpc) is 2.63. The summed E-state index contributed by atoms with van der Waals surface area (Å²) in [6.07, 6.45) is 4.86. The van der Waals surface area contributed by atoms with Gasteiger partial charge >= 0.3 is 0 Å². The van der Waals surface area contributed by atoms with Gasteiger partial charge in [-0.2, -0.15) is 9.83 Å². The number of hydrogen-bond acceptors (Lipinski definition) is 4. The Kier molecular flexibility index (Phi) is 6.02. The summed E-state index contributed by atoms with van der Waals surface area (Å²) in [6, 6.07) is 12.6. The number of nitrogens with one attached hydrogen (secondary N) is 1. The molecule has 0 saturated heterocycles. The molecule has 1 heterocycles. The number of allylic oxidation sites excluding steroid dienone is 3. The smallest absolute Gasteiger partial charge is 0.260 e. The van der Waals surface area contributed by atoms with E-state index in [-0.39, 0.29) is 17.1 Å². The van der Waals surface area contributed by atoms with Crippen LogP contribution < -0.4 is 9.47 Å². The summed E-state index contributed by atoms with van der Waals surface area (Å²) in [5, 5.41) is 16.3. The van der Waals surface area contributed by atoms with Gasteiger partial charge in [0.15, 0.2) is 12.4 Å². The van der Waals surface area contributed by atoms with E-state index in [0.717, 1.165) is 10.2 Å². The maximum Gasteiger partial charge on any atom is 0.260 e. The fraction of sp³-hybridized carbons (Fsp3) is 0.105. The number of ketones is 1. The van der Waals surface area contributed by atoms with E-state index in [1.54, 1.807) is 41.2 Å². The highest BCUT2D eigenvalue weighted by Gasteiger charge is 2.22. The van der Waals surface area contributed by atoms with Crippen molar-refractivity contribution in [2.24, 2.45) is 0 Å². The molecule has 25 heavy (non-hydrogen) atoms. The van der Waals surface area contributed by atoms with Crippen molar-refractivity contribution in [3.8, 4) is 6.07 Å². The van der Waals surface area contributed by atoms with Crippen LogP contribution in [-0.2, 0) is 0 Å². The Bertz CT molecular complexity index is 900. The lowest BCUT2D eigenvalue weighted by Gasteiger charge is -2.10. The third-order valence-electron chi connectivity index (χ3n) is 3.48. The number of carbonyl (C=O) groups is 1. The predicted molar refractivity (Wildman–Crippen MR) is 101 cm³/mol. The first kappa shape index (κ1) is 18.3. The second-order valence-corrected chi connectivity index (χ2v) is 6.29. The second kappa shape index (κ2) is 8.20. The quantitative estimate of drug-likeness (QED) is 0.211. The fourth-order valence-corrected chi connectivity index (χ4v) is 2.38. The first-order valence-corrected chi connectivity index (χ1v) is 8.16. The van der Waals surface area contributed by atoms with Crippen LogP contribution in [0.3, 0.4) is 0 Å². The van der Waals surface area contributed by atoms with Gasteiger partial charge in [-0.1, -0.05) is 15.9 Å². The number of rotatable bonds is 5. The summed E-state index contributed by atoms with van der Waals surface area (Å²) in [5.41, 5.74) is 1.71. The Morgan fingerprint density at radius 1 is 1.20 bits per heavy atom. The molecule has 0 saturated carbocycles. The van der Waals surface area contributed by atoms with Crippen molar-refractivity contribution in [1.82, 2.24) is 0 Å². The molecule has 0 atom stereocenters. The molecule has 0 radical (unpaired) electrons. The molecular weight excluding hydrogens is 380 g/mol. The van der Waals surface area contributed by atoms with Crippen molar-refractivity contribution in [3.63, 3.8) is 0 Å². The number of pyridine rings is 1. The van der Waals surface area contributed by atoms with Crippen molar-refractivity contribution >= 4 is 39.0 Å². The SMILES string of the molecule is CN(C)c1cc[n+](/C(=C\C(=C=N)C#N)C(=O)c2ccc(Br)cc2)cc1. The minimum atomic E-state index is -0.252. The number of carbonyl (C=O) groups excluding carboxylic acids is 1. The fourth-order valence-electron chi connectivity index (χ4n) is 2.12. The highest BCUT2D eigenvalue weighted by atomic mass is 79.9. The Balaban J connectivity index is 2.54. The summed E-state index contributed by atoms with van der Waals surface area (Å²) in [7, 11) is 3.85. The van der Waals surface area contributed by atoms with E-state index < -0.39 is 0 Å². The normalized spacial score (nSPS) is 10.6. The molecular formula is C19H16BrN4O+. The Labute approximate surface area is 154 Å². The van der Waals surface area contributed by atoms with E-state index in [1.807, 2.05) is 43.1 Å². The van der Waals surface area contributed by atoms with E-state index in [9.17, 15) is 4.79 Å². The number of nitriles is 1. The van der Waals surface area contributed by atoms with Crippen LogP contribution in [0.1, 0.15) is 10.4 Å². The topological polar surface area (TPSA) is 71.8 Å². The van der Waals surface area contributed by atoms with Crippen LogP contribution in [0.4, 0.5) is 5.69 Å². The zero-order valence-corrected chi connectivity index (χ0v) is 15.4. The molecule has 0 amide bonds. The minimum absolute atomic E-state index is 0.0235. The largest absolute Gasteiger partial charge is 0.377 e. The lowest BCUT2D eigenvalue weighted by Crippen LogP contribution is -2.36. The highest BCUT2D eigenvalue weighted by molar-refractivity contribution is 9.10. The first-order valence-electron chi connectivity index (χ1n) is 7.37. The van der Waals surface area contributed by atoms with E-state index >= 15 is 0 Å². The molecule has 0 bridgehead atoms. The zero-order chi connectivity index (χ0) is 18.4. The number of nitrogens with zero attached hydrogens (tertiary/aromatic N) is 3. The lowest BCUT2D eigenvalue weighted by molar-refractivity contribution is -0.576. The summed E-state index contributed by atoms with van der Waals surface area (Å²) < 4.78 is 2.50. The Morgan fingerprint density at radius 3 is 2.28 bits per heavy atom. The molecule has 0 aliphatic heterocycles. The molecule has 0 unspecified atom stereocenters. The van der Waals surface area contributed by atoms with Crippen LogP contribution in [0.5, 0.6) is 0 Å². The summed E-state index contributed by atoms with van der Waals surface area (Å²) in [6.45, 7) is 0. The standard InChI is InChI=1S/C19H16BrN4O/c1-23(2)17-7-9-24(10-8-17)18(11-14(12-21)13-22)19(25)15-3-5-16(20)6-4-15/h3-11,21H,1-2H3/q+1/b18-11-. The molecule has 124 valence electrons. The minimum Gasteiger partial charge on any atom is -0.377 e. The highest BCUT2D eigenvalue weighted by Crippen LogP contribution is 2.15. The molecule has 2 rings (SSSR count). The van der Waals surface area contributed by atoms with Gasteiger partial charge in [0.1, 0.15) is 11.6 Å². The summed E-state index contributed by atoms with van der Waals surface area (Å²) >= 11 is 3.34. The molecule has 0 fully saturated rings. The van der Waals surface area contributed by atoms with Gasteiger partial charge in [0, 0.05) is 48.0 Å². The van der Waals surface area contributed by atoms with Crippen LogP contribution in [0.25, 0.3) is 5.70 Å². The van der Waals surface area contributed by atoms with Gasteiger partial charge in [-0.15, -0.1) is 0 Å². The van der Waals surface area contributed by atoms with Gasteiger partial charge in [-0.25, -0.2) is 0 Å². The molecule has 6 heteroatoms. The van der Waals surface area contributed by atoms with Crippen molar-refractivity contribution < 1.29 is 9.36 Å². The molecule has 1 N–H and O–H groups in total. The Hall–Kier alpha value is -3.00. The molecule has 2 aromatic rings. The number of aromatic nitrogens is 1. The maximum absolute atomic E-state index is 12.9. The second-order valence-electron chi connectivity index (χ2n) is 5.37. The van der Waals surface area contributed by atoms with Gasteiger partial charge in [0.05, 0.1) is 0 Å². The molecule has 0 spiro atoms. The lowest BCUT2D eigenvalue weighted by atomic mass is 10.1. The van der Waals surface area contributed by atoms with E-state index in [0.29, 0.717) is 5.56 Å². The van der Waals surface area contributed by atoms with Crippen LogP contribution in [0.15, 0.2) is 64.9 Å². The van der Waals surface area contributed by atoms with Crippen molar-refractivity contribution in [3.05, 3.63) is 70.5 Å². The molecule has 1 aromatic heterocycles. The number of benzene rings is 1. The van der Waals surface area contributed by atoms with E-state index in [1.165, 1.54) is 6.08 Å². The van der Waals surface area contributed by atoms with Gasteiger partial charge in [0.2, 0.25) is 0 Å². The average molecular weight is 396 g/mol. The van der Waals surface area contributed by atoms with Gasteiger partial charge < -0.3 is 4.90 Å². The third kappa shape index (κ3) is 4.51. The molecule has 0 aliphatic rings. The molecule has 5 nitrogen and oxygen atoms in total. The number of anilines is 1. The maximum atomic E-state index is 12.9. The van der Waals surface area contributed by atoms with E-state index in [4.69, 9.17) is 10.7 Å². The van der Waals surface area contributed by atoms with Crippen LogP contribution in [0.2, 0.25) is 0 Å². The monoisotopic (exact) mass is 395 g/mol. The summed E-state index contributed by atoms with van der Waals surface area (Å²) in [4.78, 5) is 14.9. The van der Waals surface area contributed by atoms with Gasteiger partial charge in [-0.3, -0.25) is 10.2 Å². The molecule has 0 aliphatic carbocycles. The number of halogens is 1. The van der Waals surface area contributed by atoms with Crippen molar-refractivity contribution in [2.75, 3.05) is 19.0 Å². The zero-order valence-electron chi connectivity index (χ0n) is 13.8. The number of Topliss-reactive ketones (excluding diaryl/α,β-unsaturated/α-hetero) is 1. The first-order chi connectivity index (χ1) is 12.0. The van der Waals surface area contributed by atoms with Crippen LogP contribution >= 0.6 is 15.9 Å². The van der Waals surface area contributed by atoms with Crippen molar-refractivity contribution in [1.29, 1.82) is 10.7 Å². The third-order valence-corrected chi connectivity index (χ3v) is 4.01. The van der Waals surface area contributed by atoms with Crippen LogP contribution in [-0.4, -0.2) is 25.7 Å². The number of hydrogen-bond donors (Lipinski definition) is 1. The Morgan fingerprint density at radius 2 is 1.80 bits per heavy atom. The van der Waals surface area contributed by atoms with Gasteiger partial charge in [-0.05, 0) is 30.1 Å². The van der Waals surface area contributed by atoms with E-state index in [2.05, 4.69) is 15.9 Å². The predicted octanol–water partition coefficient (Wildman–Crippen LogP) is 3.22. The summed E-state index contributed by atoms with van der Waals surface area (Å²) in [5.74, 6) is 1.79. The van der Waals surface area contributed by atoms with Crippen LogP contribution in [0, 0.1) is 16.7 Å². The van der Waals surface area contributed by atoms with Crippen molar-refractivity contribution in [2.45, 2.75) is 0 Å².